The lowest BCUT2D eigenvalue weighted by molar-refractivity contribution is -0.128. The van der Waals surface area contributed by atoms with Gasteiger partial charge in [-0.1, -0.05) is 26.3 Å². The molecule has 2 nitrogen and oxygen atoms in total. The minimum atomic E-state index is 0.172. The first-order valence-corrected chi connectivity index (χ1v) is 5.53. The average molecular weight is 195 g/mol. The number of carbonyl (C=O) groups excluding carboxylic acids is 1. The van der Waals surface area contributed by atoms with Crippen molar-refractivity contribution in [2.24, 2.45) is 5.41 Å². The van der Waals surface area contributed by atoms with E-state index < -0.39 is 0 Å². The summed E-state index contributed by atoms with van der Waals surface area (Å²) in [5, 5.41) is 0. The normalized spacial score (nSPS) is 21.5. The highest BCUT2D eigenvalue weighted by Gasteiger charge is 2.29. The number of hydrogen-bond donors (Lipinski definition) is 0. The van der Waals surface area contributed by atoms with Gasteiger partial charge in [0.15, 0.2) is 0 Å². The van der Waals surface area contributed by atoms with E-state index in [9.17, 15) is 4.79 Å². The summed E-state index contributed by atoms with van der Waals surface area (Å²) in [4.78, 5) is 13.5. The Balaban J connectivity index is 2.47. The second-order valence-electron chi connectivity index (χ2n) is 4.49. The van der Waals surface area contributed by atoms with E-state index in [4.69, 9.17) is 0 Å². The van der Waals surface area contributed by atoms with Crippen LogP contribution in [0.1, 0.15) is 40.0 Å². The second-order valence-corrected chi connectivity index (χ2v) is 4.49. The van der Waals surface area contributed by atoms with Gasteiger partial charge in [0, 0.05) is 13.1 Å². The Kier molecular flexibility index (Phi) is 3.73. The molecule has 14 heavy (non-hydrogen) atoms. The van der Waals surface area contributed by atoms with Gasteiger partial charge in [0.2, 0.25) is 5.91 Å². The Morgan fingerprint density at radius 2 is 2.00 bits per heavy atom. The van der Waals surface area contributed by atoms with Crippen LogP contribution in [-0.2, 0) is 4.79 Å². The second kappa shape index (κ2) is 4.63. The van der Waals surface area contributed by atoms with Crippen LogP contribution in [0, 0.1) is 5.41 Å². The van der Waals surface area contributed by atoms with Gasteiger partial charge in [0.1, 0.15) is 0 Å². The fourth-order valence-electron chi connectivity index (χ4n) is 1.87. The quantitative estimate of drug-likeness (QED) is 0.620. The van der Waals surface area contributed by atoms with E-state index in [0.29, 0.717) is 5.41 Å². The molecule has 0 atom stereocenters. The standard InChI is InChI=1S/C12H21NO/c1-4-6-11(14)13-9-7-12(3,5-2)8-10-13/h4,6H,5,7-10H2,1-3H3. The zero-order valence-electron chi connectivity index (χ0n) is 9.55. The number of nitrogens with zero attached hydrogens (tertiary/aromatic N) is 1. The number of piperidine rings is 1. The minimum Gasteiger partial charge on any atom is -0.339 e. The highest BCUT2D eigenvalue weighted by Crippen LogP contribution is 2.33. The van der Waals surface area contributed by atoms with E-state index in [2.05, 4.69) is 13.8 Å². The molecule has 0 aromatic carbocycles. The summed E-state index contributed by atoms with van der Waals surface area (Å²) in [6.45, 7) is 8.30. The zero-order valence-corrected chi connectivity index (χ0v) is 9.55. The minimum absolute atomic E-state index is 0.172. The Bertz CT molecular complexity index is 224. The summed E-state index contributed by atoms with van der Waals surface area (Å²) in [6.07, 6.45) is 6.99. The van der Waals surface area contributed by atoms with Gasteiger partial charge in [-0.15, -0.1) is 0 Å². The number of carbonyl (C=O) groups is 1. The molecule has 0 radical (unpaired) electrons. The maximum atomic E-state index is 11.5. The molecule has 0 N–H and O–H groups in total. The first-order valence-electron chi connectivity index (χ1n) is 5.53. The summed E-state index contributed by atoms with van der Waals surface area (Å²) in [7, 11) is 0. The molecule has 0 bridgehead atoms. The highest BCUT2D eigenvalue weighted by molar-refractivity contribution is 5.87. The molecule has 1 aliphatic rings. The third kappa shape index (κ3) is 2.60. The lowest BCUT2D eigenvalue weighted by Crippen LogP contribution is -2.41. The molecule has 80 valence electrons. The van der Waals surface area contributed by atoms with Crippen molar-refractivity contribution in [2.45, 2.75) is 40.0 Å². The van der Waals surface area contributed by atoms with Crippen molar-refractivity contribution in [2.75, 3.05) is 13.1 Å². The van der Waals surface area contributed by atoms with E-state index >= 15 is 0 Å². The van der Waals surface area contributed by atoms with Crippen molar-refractivity contribution in [3.63, 3.8) is 0 Å². The van der Waals surface area contributed by atoms with Gasteiger partial charge in [0.25, 0.3) is 0 Å². The van der Waals surface area contributed by atoms with Gasteiger partial charge in [-0.2, -0.15) is 0 Å². The maximum Gasteiger partial charge on any atom is 0.246 e. The molecule has 0 saturated carbocycles. The summed E-state index contributed by atoms with van der Waals surface area (Å²) >= 11 is 0. The predicted octanol–water partition coefficient (Wildman–Crippen LogP) is 2.60. The van der Waals surface area contributed by atoms with Gasteiger partial charge in [-0.05, 0) is 31.3 Å². The third-order valence-electron chi connectivity index (χ3n) is 3.45. The van der Waals surface area contributed by atoms with Gasteiger partial charge < -0.3 is 4.90 Å². The van der Waals surface area contributed by atoms with Gasteiger partial charge >= 0.3 is 0 Å². The van der Waals surface area contributed by atoms with E-state index in [1.165, 1.54) is 6.42 Å². The smallest absolute Gasteiger partial charge is 0.246 e. The van der Waals surface area contributed by atoms with Crippen LogP contribution >= 0.6 is 0 Å². The van der Waals surface area contributed by atoms with Gasteiger partial charge in [-0.25, -0.2) is 0 Å². The van der Waals surface area contributed by atoms with Crippen LogP contribution in [0.15, 0.2) is 12.2 Å². The number of allylic oxidation sites excluding steroid dienone is 1. The Morgan fingerprint density at radius 3 is 2.43 bits per heavy atom. The van der Waals surface area contributed by atoms with Crippen LogP contribution in [0.3, 0.4) is 0 Å². The topological polar surface area (TPSA) is 20.3 Å². The lowest BCUT2D eigenvalue weighted by Gasteiger charge is -2.38. The first kappa shape index (κ1) is 11.3. The Morgan fingerprint density at radius 1 is 1.43 bits per heavy atom. The van der Waals surface area contributed by atoms with Crippen molar-refractivity contribution in [3.8, 4) is 0 Å². The molecule has 2 heteroatoms. The van der Waals surface area contributed by atoms with Crippen molar-refractivity contribution in [1.29, 1.82) is 0 Å². The molecule has 1 fully saturated rings. The third-order valence-corrected chi connectivity index (χ3v) is 3.45. The molecule has 1 saturated heterocycles. The van der Waals surface area contributed by atoms with Crippen molar-refractivity contribution < 1.29 is 4.79 Å². The van der Waals surface area contributed by atoms with Crippen LogP contribution in [0.2, 0.25) is 0 Å². The molecule has 0 aromatic rings. The fourth-order valence-corrected chi connectivity index (χ4v) is 1.87. The average Bonchev–Trinajstić information content (AvgIpc) is 2.19. The molecule has 0 unspecified atom stereocenters. The molecular formula is C12H21NO. The number of rotatable bonds is 2. The summed E-state index contributed by atoms with van der Waals surface area (Å²) in [5.41, 5.74) is 0.465. The van der Waals surface area contributed by atoms with Gasteiger partial charge in [0.05, 0.1) is 0 Å². The van der Waals surface area contributed by atoms with Crippen molar-refractivity contribution in [1.82, 2.24) is 4.90 Å². The lowest BCUT2D eigenvalue weighted by atomic mass is 9.78. The maximum absolute atomic E-state index is 11.5. The summed E-state index contributed by atoms with van der Waals surface area (Å²) < 4.78 is 0. The predicted molar refractivity (Wildman–Crippen MR) is 59.0 cm³/mol. The monoisotopic (exact) mass is 195 g/mol. The van der Waals surface area contributed by atoms with Crippen LogP contribution in [0.5, 0.6) is 0 Å². The SMILES string of the molecule is CC=CC(=O)N1CCC(C)(CC)CC1. The molecule has 0 aromatic heterocycles. The molecule has 1 heterocycles. The highest BCUT2D eigenvalue weighted by atomic mass is 16.2. The molecule has 0 aliphatic carbocycles. The van der Waals surface area contributed by atoms with E-state index in [-0.39, 0.29) is 5.91 Å². The van der Waals surface area contributed by atoms with E-state index in [1.807, 2.05) is 17.9 Å². The van der Waals surface area contributed by atoms with Crippen molar-refractivity contribution >= 4 is 5.91 Å². The van der Waals surface area contributed by atoms with Crippen LogP contribution in [0.25, 0.3) is 0 Å². The number of likely N-dealkylation sites (tertiary alicyclic amines) is 1. The number of hydrogen-bond acceptors (Lipinski definition) is 1. The first-order chi connectivity index (χ1) is 6.61. The zero-order chi connectivity index (χ0) is 10.6. The van der Waals surface area contributed by atoms with Crippen LogP contribution in [-0.4, -0.2) is 23.9 Å². The largest absolute Gasteiger partial charge is 0.339 e. The van der Waals surface area contributed by atoms with Crippen LogP contribution in [0.4, 0.5) is 0 Å². The molecule has 1 aliphatic heterocycles. The summed E-state index contributed by atoms with van der Waals surface area (Å²) in [6, 6.07) is 0. The van der Waals surface area contributed by atoms with E-state index in [0.717, 1.165) is 25.9 Å². The molecule has 1 amide bonds. The Labute approximate surface area is 87.0 Å². The van der Waals surface area contributed by atoms with Crippen molar-refractivity contribution in [3.05, 3.63) is 12.2 Å². The summed E-state index contributed by atoms with van der Waals surface area (Å²) in [5.74, 6) is 0.172. The van der Waals surface area contributed by atoms with E-state index in [1.54, 1.807) is 6.08 Å². The van der Waals surface area contributed by atoms with Crippen LogP contribution < -0.4 is 0 Å². The molecule has 1 rings (SSSR count). The Hall–Kier alpha value is -0.790. The molecular weight excluding hydrogens is 174 g/mol. The molecule has 0 spiro atoms. The van der Waals surface area contributed by atoms with Gasteiger partial charge in [-0.3, -0.25) is 4.79 Å². The number of amides is 1. The fraction of sp³-hybridized carbons (Fsp3) is 0.750.